The van der Waals surface area contributed by atoms with Crippen LogP contribution in [-0.4, -0.2) is 62.4 Å². The number of rotatable bonds is 6. The molecule has 0 spiro atoms. The fourth-order valence-electron chi connectivity index (χ4n) is 3.60. The average molecular weight is 384 g/mol. The molecule has 1 fully saturated rings. The maximum absolute atomic E-state index is 12.5. The Morgan fingerprint density at radius 1 is 1.30 bits per heavy atom. The lowest BCUT2D eigenvalue weighted by molar-refractivity contribution is -0.143. The summed E-state index contributed by atoms with van der Waals surface area (Å²) in [6, 6.07) is 8.01. The molecule has 0 amide bonds. The Balaban J connectivity index is 1.45. The summed E-state index contributed by atoms with van der Waals surface area (Å²) < 4.78 is 43.4. The number of aliphatic imine (C=N–C) groups is 1. The van der Waals surface area contributed by atoms with Crippen molar-refractivity contribution in [3.8, 4) is 5.75 Å². The topological polar surface area (TPSA) is 48.9 Å². The van der Waals surface area contributed by atoms with Crippen LogP contribution in [0.15, 0.2) is 29.3 Å². The number of likely N-dealkylation sites (tertiary alicyclic amines) is 1. The summed E-state index contributed by atoms with van der Waals surface area (Å²) >= 11 is 0. The molecule has 2 atom stereocenters. The van der Waals surface area contributed by atoms with E-state index in [-0.39, 0.29) is 12.0 Å². The first-order chi connectivity index (χ1) is 12.9. The van der Waals surface area contributed by atoms with Crippen molar-refractivity contribution in [2.24, 2.45) is 10.9 Å². The molecule has 3 rings (SSSR count). The van der Waals surface area contributed by atoms with Crippen molar-refractivity contribution < 1.29 is 17.9 Å². The van der Waals surface area contributed by atoms with Crippen molar-refractivity contribution in [2.75, 3.05) is 39.3 Å². The molecular formula is C19H27F3N4O. The van der Waals surface area contributed by atoms with Gasteiger partial charge in [-0.15, -0.1) is 0 Å². The summed E-state index contributed by atoms with van der Waals surface area (Å²) in [5.74, 6) is 1.78. The summed E-state index contributed by atoms with van der Waals surface area (Å²) in [6.45, 7) is 3.97. The third-order valence-corrected chi connectivity index (χ3v) is 4.84. The number of alkyl halides is 3. The van der Waals surface area contributed by atoms with Gasteiger partial charge in [0.15, 0.2) is 5.96 Å². The first-order valence-electron chi connectivity index (χ1n) is 9.49. The number of guanidine groups is 1. The van der Waals surface area contributed by atoms with Crippen molar-refractivity contribution in [1.82, 2.24) is 15.5 Å². The monoisotopic (exact) mass is 384 g/mol. The van der Waals surface area contributed by atoms with Crippen LogP contribution in [0.2, 0.25) is 0 Å². The van der Waals surface area contributed by atoms with Crippen LogP contribution in [0.4, 0.5) is 13.2 Å². The Morgan fingerprint density at radius 2 is 2.11 bits per heavy atom. The largest absolute Gasteiger partial charge is 0.488 e. The highest BCUT2D eigenvalue weighted by molar-refractivity contribution is 5.79. The van der Waals surface area contributed by atoms with Gasteiger partial charge < -0.3 is 15.4 Å². The van der Waals surface area contributed by atoms with E-state index in [2.05, 4.69) is 21.7 Å². The molecule has 2 aliphatic rings. The SMILES string of the molecule is CCNC(=NCC1CCN(CC(F)(F)F)C1)NCC1Cc2ccccc2O1. The molecule has 1 aromatic rings. The van der Waals surface area contributed by atoms with E-state index in [0.717, 1.165) is 25.1 Å². The fraction of sp³-hybridized carbons (Fsp3) is 0.632. The van der Waals surface area contributed by atoms with Gasteiger partial charge >= 0.3 is 6.18 Å². The van der Waals surface area contributed by atoms with Crippen molar-refractivity contribution in [1.29, 1.82) is 0 Å². The van der Waals surface area contributed by atoms with E-state index in [1.165, 1.54) is 10.5 Å². The Hall–Kier alpha value is -1.96. The summed E-state index contributed by atoms with van der Waals surface area (Å²) in [5.41, 5.74) is 1.21. The van der Waals surface area contributed by atoms with Crippen LogP contribution in [-0.2, 0) is 6.42 Å². The van der Waals surface area contributed by atoms with Crippen LogP contribution in [0.5, 0.6) is 5.75 Å². The fourth-order valence-corrected chi connectivity index (χ4v) is 3.60. The Bertz CT molecular complexity index is 625. The minimum atomic E-state index is -4.13. The number of para-hydroxylation sites is 1. The lowest BCUT2D eigenvalue weighted by atomic mass is 10.1. The number of nitrogens with zero attached hydrogens (tertiary/aromatic N) is 2. The molecular weight excluding hydrogens is 357 g/mol. The summed E-state index contributed by atoms with van der Waals surface area (Å²) in [5, 5.41) is 6.48. The second kappa shape index (κ2) is 8.82. The summed E-state index contributed by atoms with van der Waals surface area (Å²) in [6.07, 6.45) is -2.47. The molecule has 0 bridgehead atoms. The van der Waals surface area contributed by atoms with E-state index in [1.54, 1.807) is 0 Å². The van der Waals surface area contributed by atoms with E-state index in [4.69, 9.17) is 4.74 Å². The molecule has 150 valence electrons. The predicted octanol–water partition coefficient (Wildman–Crippen LogP) is 2.43. The van der Waals surface area contributed by atoms with Gasteiger partial charge in [-0.2, -0.15) is 13.2 Å². The average Bonchev–Trinajstić information content (AvgIpc) is 3.22. The minimum Gasteiger partial charge on any atom is -0.488 e. The molecule has 2 unspecified atom stereocenters. The molecule has 27 heavy (non-hydrogen) atoms. The van der Waals surface area contributed by atoms with Crippen LogP contribution in [0.25, 0.3) is 0 Å². The van der Waals surface area contributed by atoms with Crippen LogP contribution in [0, 0.1) is 5.92 Å². The second-order valence-electron chi connectivity index (χ2n) is 7.16. The molecule has 8 heteroatoms. The lowest BCUT2D eigenvalue weighted by Crippen LogP contribution is -2.42. The highest BCUT2D eigenvalue weighted by atomic mass is 19.4. The predicted molar refractivity (Wildman–Crippen MR) is 99.1 cm³/mol. The molecule has 5 nitrogen and oxygen atoms in total. The molecule has 0 aliphatic carbocycles. The molecule has 0 saturated carbocycles. The zero-order valence-corrected chi connectivity index (χ0v) is 15.6. The van der Waals surface area contributed by atoms with Crippen LogP contribution in [0.3, 0.4) is 0 Å². The number of ether oxygens (including phenoxy) is 1. The van der Waals surface area contributed by atoms with Gasteiger partial charge in [-0.25, -0.2) is 0 Å². The van der Waals surface area contributed by atoms with Crippen molar-refractivity contribution in [2.45, 2.75) is 32.0 Å². The standard InChI is InChI=1S/C19H27F3N4O/c1-2-23-18(24-10-14-7-8-26(12-14)13-19(20,21)22)25-11-16-9-15-5-3-4-6-17(15)27-16/h3-6,14,16H,2,7-13H2,1H3,(H2,23,24,25). The summed E-state index contributed by atoms with van der Waals surface area (Å²) in [7, 11) is 0. The first-order valence-corrected chi connectivity index (χ1v) is 9.49. The van der Waals surface area contributed by atoms with Gasteiger partial charge in [0.05, 0.1) is 13.1 Å². The quantitative estimate of drug-likeness (QED) is 0.584. The number of hydrogen-bond acceptors (Lipinski definition) is 3. The van der Waals surface area contributed by atoms with Gasteiger partial charge in [-0.3, -0.25) is 9.89 Å². The molecule has 2 heterocycles. The third kappa shape index (κ3) is 6.02. The van der Waals surface area contributed by atoms with Gasteiger partial charge in [0.25, 0.3) is 0 Å². The highest BCUT2D eigenvalue weighted by Gasteiger charge is 2.34. The zero-order chi connectivity index (χ0) is 19.3. The van der Waals surface area contributed by atoms with E-state index in [1.807, 2.05) is 25.1 Å². The van der Waals surface area contributed by atoms with Crippen LogP contribution in [0.1, 0.15) is 18.9 Å². The van der Waals surface area contributed by atoms with Gasteiger partial charge in [0, 0.05) is 26.1 Å². The minimum absolute atomic E-state index is 0.0556. The number of fused-ring (bicyclic) bond motifs is 1. The number of benzene rings is 1. The molecule has 2 aliphatic heterocycles. The number of hydrogen-bond donors (Lipinski definition) is 2. The van der Waals surface area contributed by atoms with E-state index >= 15 is 0 Å². The second-order valence-corrected chi connectivity index (χ2v) is 7.16. The normalized spacial score (nSPS) is 23.2. The Kier molecular flexibility index (Phi) is 6.46. The molecule has 2 N–H and O–H groups in total. The van der Waals surface area contributed by atoms with E-state index < -0.39 is 12.7 Å². The number of halogens is 3. The smallest absolute Gasteiger partial charge is 0.401 e. The van der Waals surface area contributed by atoms with Gasteiger partial charge in [0.1, 0.15) is 11.9 Å². The van der Waals surface area contributed by atoms with E-state index in [0.29, 0.717) is 32.1 Å². The maximum atomic E-state index is 12.5. The third-order valence-electron chi connectivity index (χ3n) is 4.84. The molecule has 0 aromatic heterocycles. The maximum Gasteiger partial charge on any atom is 0.401 e. The van der Waals surface area contributed by atoms with Gasteiger partial charge in [0.2, 0.25) is 0 Å². The lowest BCUT2D eigenvalue weighted by Gasteiger charge is -2.18. The van der Waals surface area contributed by atoms with Crippen LogP contribution >= 0.6 is 0 Å². The van der Waals surface area contributed by atoms with Gasteiger partial charge in [-0.1, -0.05) is 18.2 Å². The Labute approximate surface area is 158 Å². The first kappa shape index (κ1) is 19.8. The number of nitrogens with one attached hydrogen (secondary N) is 2. The molecule has 1 aromatic carbocycles. The van der Waals surface area contributed by atoms with Crippen molar-refractivity contribution >= 4 is 5.96 Å². The zero-order valence-electron chi connectivity index (χ0n) is 15.6. The van der Waals surface area contributed by atoms with Crippen LogP contribution < -0.4 is 15.4 Å². The highest BCUT2D eigenvalue weighted by Crippen LogP contribution is 2.27. The molecule has 0 radical (unpaired) electrons. The molecule has 1 saturated heterocycles. The Morgan fingerprint density at radius 3 is 2.85 bits per heavy atom. The van der Waals surface area contributed by atoms with E-state index in [9.17, 15) is 13.2 Å². The van der Waals surface area contributed by atoms with Crippen molar-refractivity contribution in [3.05, 3.63) is 29.8 Å². The van der Waals surface area contributed by atoms with Crippen molar-refractivity contribution in [3.63, 3.8) is 0 Å². The van der Waals surface area contributed by atoms with Gasteiger partial charge in [-0.05, 0) is 37.4 Å². The summed E-state index contributed by atoms with van der Waals surface area (Å²) in [4.78, 5) is 6.03.